The van der Waals surface area contributed by atoms with Gasteiger partial charge in [-0.25, -0.2) is 4.98 Å². The monoisotopic (exact) mass is 469 g/mol. The first-order valence-electron chi connectivity index (χ1n) is 11.7. The van der Waals surface area contributed by atoms with Gasteiger partial charge in [0.2, 0.25) is 5.95 Å². The third-order valence-electron chi connectivity index (χ3n) is 6.22. The van der Waals surface area contributed by atoms with E-state index in [1.807, 2.05) is 41.3 Å². The Bertz CT molecular complexity index is 1320. The van der Waals surface area contributed by atoms with Gasteiger partial charge in [0.05, 0.1) is 29.4 Å². The van der Waals surface area contributed by atoms with Gasteiger partial charge in [-0.3, -0.25) is 9.59 Å². The van der Waals surface area contributed by atoms with Crippen molar-refractivity contribution in [1.29, 1.82) is 0 Å². The van der Waals surface area contributed by atoms with E-state index in [4.69, 9.17) is 9.72 Å². The molecule has 4 aromatic rings. The molecule has 0 bridgehead atoms. The van der Waals surface area contributed by atoms with Crippen LogP contribution in [0.1, 0.15) is 27.1 Å². The van der Waals surface area contributed by atoms with Crippen LogP contribution in [0.3, 0.4) is 0 Å². The lowest BCUT2D eigenvalue weighted by Crippen LogP contribution is -2.36. The van der Waals surface area contributed by atoms with Crippen molar-refractivity contribution in [3.63, 3.8) is 0 Å². The Morgan fingerprint density at radius 2 is 1.69 bits per heavy atom. The molecule has 35 heavy (non-hydrogen) atoms. The van der Waals surface area contributed by atoms with E-state index in [0.29, 0.717) is 42.2 Å². The van der Waals surface area contributed by atoms with E-state index < -0.39 is 0 Å². The molecule has 0 aliphatic carbocycles. The molecule has 1 aliphatic heterocycles. The van der Waals surface area contributed by atoms with Gasteiger partial charge in [0.15, 0.2) is 0 Å². The van der Waals surface area contributed by atoms with Crippen molar-refractivity contribution >= 4 is 34.5 Å². The lowest BCUT2D eigenvalue weighted by atomic mass is 10.1. The number of rotatable bonds is 5. The molecule has 8 nitrogen and oxygen atoms in total. The highest BCUT2D eigenvalue weighted by molar-refractivity contribution is 6.09. The van der Waals surface area contributed by atoms with Gasteiger partial charge in [0.1, 0.15) is 5.75 Å². The van der Waals surface area contributed by atoms with E-state index in [1.54, 1.807) is 43.5 Å². The summed E-state index contributed by atoms with van der Waals surface area (Å²) in [6.07, 6.45) is 0.823. The first-order valence-corrected chi connectivity index (χ1v) is 11.7. The number of nitrogens with zero attached hydrogens (tertiary/aromatic N) is 3. The highest BCUT2D eigenvalue weighted by atomic mass is 16.5. The maximum Gasteiger partial charge on any atom is 0.256 e. The fourth-order valence-corrected chi connectivity index (χ4v) is 4.31. The van der Waals surface area contributed by atoms with Gasteiger partial charge < -0.3 is 24.8 Å². The number of amides is 2. The van der Waals surface area contributed by atoms with Gasteiger partial charge in [0.25, 0.3) is 11.8 Å². The maximum atomic E-state index is 13.5. The highest BCUT2D eigenvalue weighted by Gasteiger charge is 2.24. The Hall–Kier alpha value is -4.33. The minimum absolute atomic E-state index is 0.0953. The number of anilines is 2. The Kier molecular flexibility index (Phi) is 6.34. The number of H-pyrrole nitrogens is 1. The zero-order valence-electron chi connectivity index (χ0n) is 19.5. The third-order valence-corrected chi connectivity index (χ3v) is 6.22. The molecule has 1 saturated heterocycles. The van der Waals surface area contributed by atoms with Crippen LogP contribution in [0.4, 0.5) is 11.6 Å². The normalized spacial score (nSPS) is 14.0. The largest absolute Gasteiger partial charge is 0.497 e. The van der Waals surface area contributed by atoms with Crippen molar-refractivity contribution in [2.24, 2.45) is 0 Å². The number of hydrogen-bond acceptors (Lipinski definition) is 5. The van der Waals surface area contributed by atoms with Crippen molar-refractivity contribution in [3.8, 4) is 5.75 Å². The van der Waals surface area contributed by atoms with Crippen LogP contribution < -0.4 is 15.0 Å². The van der Waals surface area contributed by atoms with Crippen molar-refractivity contribution < 1.29 is 14.3 Å². The van der Waals surface area contributed by atoms with E-state index in [1.165, 1.54) is 0 Å². The minimum atomic E-state index is -0.278. The van der Waals surface area contributed by atoms with Crippen LogP contribution in [-0.4, -0.2) is 60.0 Å². The standard InChI is InChI=1S/C27H27N5O3/c1-35-20-13-11-19(12-14-20)25(33)28-22-8-3-2-7-21(22)26(34)31-15-6-16-32(18-17-31)27-29-23-9-4-5-10-24(23)30-27/h2-5,7-14H,6,15-18H2,1H3,(H,28,33)(H,29,30). The molecular weight excluding hydrogens is 442 g/mol. The molecular formula is C27H27N5O3. The molecule has 178 valence electrons. The van der Waals surface area contributed by atoms with Gasteiger partial charge in [0, 0.05) is 31.7 Å². The molecule has 2 amide bonds. The average molecular weight is 470 g/mol. The minimum Gasteiger partial charge on any atom is -0.497 e. The topological polar surface area (TPSA) is 90.6 Å². The third kappa shape index (κ3) is 4.82. The number of aromatic nitrogens is 2. The first kappa shape index (κ1) is 22.5. The quantitative estimate of drug-likeness (QED) is 0.458. The van der Waals surface area contributed by atoms with E-state index in [0.717, 1.165) is 29.9 Å². The fraction of sp³-hybridized carbons (Fsp3) is 0.222. The average Bonchev–Trinajstić information content (AvgIpc) is 3.18. The van der Waals surface area contributed by atoms with Gasteiger partial charge in [-0.15, -0.1) is 0 Å². The predicted octanol–water partition coefficient (Wildman–Crippen LogP) is 4.18. The predicted molar refractivity (Wildman–Crippen MR) is 136 cm³/mol. The maximum absolute atomic E-state index is 13.5. The van der Waals surface area contributed by atoms with Crippen molar-refractivity contribution in [3.05, 3.63) is 83.9 Å². The van der Waals surface area contributed by atoms with Gasteiger partial charge in [-0.2, -0.15) is 0 Å². The summed E-state index contributed by atoms with van der Waals surface area (Å²) in [7, 11) is 1.58. The van der Waals surface area contributed by atoms with Crippen LogP contribution in [0.15, 0.2) is 72.8 Å². The Labute approximate surface area is 203 Å². The zero-order chi connectivity index (χ0) is 24.2. The van der Waals surface area contributed by atoms with Crippen molar-refractivity contribution in [2.75, 3.05) is 43.5 Å². The van der Waals surface area contributed by atoms with Crippen molar-refractivity contribution in [1.82, 2.24) is 14.9 Å². The molecule has 2 heterocycles. The van der Waals surface area contributed by atoms with Crippen LogP contribution in [-0.2, 0) is 0 Å². The number of benzene rings is 3. The summed E-state index contributed by atoms with van der Waals surface area (Å²) in [5, 5.41) is 2.90. The molecule has 1 aliphatic rings. The summed E-state index contributed by atoms with van der Waals surface area (Å²) in [6.45, 7) is 2.68. The summed E-state index contributed by atoms with van der Waals surface area (Å²) < 4.78 is 5.15. The second-order valence-electron chi connectivity index (χ2n) is 8.44. The number of fused-ring (bicyclic) bond motifs is 1. The lowest BCUT2D eigenvalue weighted by molar-refractivity contribution is 0.0768. The highest BCUT2D eigenvalue weighted by Crippen LogP contribution is 2.22. The number of hydrogen-bond donors (Lipinski definition) is 2. The Balaban J connectivity index is 1.29. The number of carbonyl (C=O) groups excluding carboxylic acids is 2. The SMILES string of the molecule is COc1ccc(C(=O)Nc2ccccc2C(=O)N2CCCN(c3nc4ccccc4[nH]3)CC2)cc1. The number of imidazole rings is 1. The lowest BCUT2D eigenvalue weighted by Gasteiger charge is -2.23. The van der Waals surface area contributed by atoms with Crippen LogP contribution in [0.5, 0.6) is 5.75 Å². The smallest absolute Gasteiger partial charge is 0.256 e. The van der Waals surface area contributed by atoms with Crippen LogP contribution in [0.2, 0.25) is 0 Å². The molecule has 0 atom stereocenters. The van der Waals surface area contributed by atoms with Crippen LogP contribution in [0.25, 0.3) is 11.0 Å². The zero-order valence-corrected chi connectivity index (χ0v) is 19.5. The number of methoxy groups -OCH3 is 1. The molecule has 8 heteroatoms. The number of aromatic amines is 1. The summed E-state index contributed by atoms with van der Waals surface area (Å²) in [5.41, 5.74) is 3.40. The van der Waals surface area contributed by atoms with Crippen LogP contribution in [0, 0.1) is 0 Å². The Morgan fingerprint density at radius 3 is 2.49 bits per heavy atom. The molecule has 0 saturated carbocycles. The second kappa shape index (κ2) is 9.89. The molecule has 3 aromatic carbocycles. The summed E-state index contributed by atoms with van der Waals surface area (Å²) in [5.74, 6) is 1.13. The fourth-order valence-electron chi connectivity index (χ4n) is 4.31. The number of ether oxygens (including phenoxy) is 1. The molecule has 0 spiro atoms. The van der Waals surface area contributed by atoms with Crippen molar-refractivity contribution in [2.45, 2.75) is 6.42 Å². The summed E-state index contributed by atoms with van der Waals surface area (Å²) >= 11 is 0. The molecule has 0 unspecified atom stereocenters. The second-order valence-corrected chi connectivity index (χ2v) is 8.44. The van der Waals surface area contributed by atoms with E-state index >= 15 is 0 Å². The summed E-state index contributed by atoms with van der Waals surface area (Å²) in [6, 6.07) is 21.9. The summed E-state index contributed by atoms with van der Waals surface area (Å²) in [4.78, 5) is 38.4. The van der Waals surface area contributed by atoms with E-state index in [-0.39, 0.29) is 11.8 Å². The van der Waals surface area contributed by atoms with Crippen LogP contribution >= 0.6 is 0 Å². The van der Waals surface area contributed by atoms with Gasteiger partial charge >= 0.3 is 0 Å². The molecule has 0 radical (unpaired) electrons. The number of carbonyl (C=O) groups is 2. The molecule has 1 aromatic heterocycles. The van der Waals surface area contributed by atoms with Gasteiger partial charge in [-0.1, -0.05) is 24.3 Å². The number of nitrogens with one attached hydrogen (secondary N) is 2. The van der Waals surface area contributed by atoms with E-state index in [2.05, 4.69) is 15.2 Å². The molecule has 2 N–H and O–H groups in total. The van der Waals surface area contributed by atoms with E-state index in [9.17, 15) is 9.59 Å². The van der Waals surface area contributed by atoms with Gasteiger partial charge in [-0.05, 0) is 55.0 Å². The Morgan fingerprint density at radius 1 is 0.914 bits per heavy atom. The molecule has 5 rings (SSSR count). The molecule has 1 fully saturated rings. The first-order chi connectivity index (χ1) is 17.1. The number of para-hydroxylation sites is 3.